The van der Waals surface area contributed by atoms with Crippen LogP contribution in [0, 0.1) is 0 Å². The molecule has 1 rings (SSSR count). The number of sulfonamides is 1. The van der Waals surface area contributed by atoms with Crippen molar-refractivity contribution in [1.29, 1.82) is 0 Å². The van der Waals surface area contributed by atoms with Gasteiger partial charge in [0.05, 0.1) is 4.90 Å². The molecule has 0 atom stereocenters. The average molecular weight is 264 g/mol. The molecule has 1 N–H and O–H groups in total. The molecule has 0 aliphatic carbocycles. The Bertz CT molecular complexity index is 436. The van der Waals surface area contributed by atoms with Crippen LogP contribution in [0.5, 0.6) is 0 Å². The van der Waals surface area contributed by atoms with Gasteiger partial charge in [0.25, 0.3) is 0 Å². The van der Waals surface area contributed by atoms with Crippen LogP contribution in [0.25, 0.3) is 0 Å². The van der Waals surface area contributed by atoms with E-state index in [1.807, 2.05) is 19.6 Å². The molecule has 0 aromatic heterocycles. The Balaban J connectivity index is 3.02. The quantitative estimate of drug-likeness (QED) is 0.852. The minimum atomic E-state index is -3.38. The molecule has 0 saturated heterocycles. The van der Waals surface area contributed by atoms with Crippen LogP contribution < -0.4 is 4.39 Å². The largest absolute Gasteiger partial charge is 0.234 e. The van der Waals surface area contributed by atoms with Crippen LogP contribution in [0.3, 0.4) is 0 Å². The lowest BCUT2D eigenvalue weighted by Crippen LogP contribution is -2.45. The molecule has 0 fully saturated rings. The first-order valence-corrected chi connectivity index (χ1v) is 9.86. The van der Waals surface area contributed by atoms with Gasteiger partial charge in [-0.2, -0.15) is 0 Å². The molecule has 0 saturated carbocycles. The molecule has 0 heterocycles. The molecule has 0 aliphatic rings. The van der Waals surface area contributed by atoms with Gasteiger partial charge in [-0.3, -0.25) is 0 Å². The van der Waals surface area contributed by atoms with Gasteiger partial charge in [0.1, 0.15) is 8.24 Å². The Morgan fingerprint density at radius 2 is 1.60 bits per heavy atom. The maximum Gasteiger partial charge on any atom is 0.234 e. The van der Waals surface area contributed by atoms with E-state index in [-0.39, 0.29) is 4.90 Å². The van der Waals surface area contributed by atoms with Crippen LogP contribution >= 0.6 is 11.6 Å². The van der Waals surface area contributed by atoms with Gasteiger partial charge in [0, 0.05) is 5.02 Å². The van der Waals surface area contributed by atoms with Gasteiger partial charge in [-0.15, -0.1) is 0 Å². The number of hydrogen-bond donors (Lipinski definition) is 1. The molecule has 1 aromatic carbocycles. The van der Waals surface area contributed by atoms with E-state index in [0.717, 1.165) is 0 Å². The van der Waals surface area contributed by atoms with Crippen molar-refractivity contribution < 1.29 is 8.42 Å². The molecular formula is C9H14ClNO2SSi. The molecule has 6 heteroatoms. The second-order valence-electron chi connectivity index (χ2n) is 4.31. The van der Waals surface area contributed by atoms with E-state index in [4.69, 9.17) is 11.6 Å². The van der Waals surface area contributed by atoms with E-state index in [2.05, 4.69) is 4.39 Å². The highest BCUT2D eigenvalue weighted by molar-refractivity contribution is 7.91. The zero-order chi connectivity index (χ0) is 11.7. The molecule has 0 aliphatic heterocycles. The van der Waals surface area contributed by atoms with Gasteiger partial charge in [0.15, 0.2) is 0 Å². The SMILES string of the molecule is C[Si](C)(C)NS(=O)(=O)c1ccc(Cl)cc1. The van der Waals surface area contributed by atoms with Crippen molar-refractivity contribution in [1.82, 2.24) is 4.39 Å². The summed E-state index contributed by atoms with van der Waals surface area (Å²) >= 11 is 5.69. The van der Waals surface area contributed by atoms with Gasteiger partial charge >= 0.3 is 0 Å². The lowest BCUT2D eigenvalue weighted by Gasteiger charge is -2.17. The lowest BCUT2D eigenvalue weighted by atomic mass is 10.4. The van der Waals surface area contributed by atoms with E-state index in [1.165, 1.54) is 12.1 Å². The van der Waals surface area contributed by atoms with Crippen LogP contribution in [0.2, 0.25) is 24.7 Å². The number of halogens is 1. The Morgan fingerprint density at radius 3 is 2.00 bits per heavy atom. The van der Waals surface area contributed by atoms with Crippen molar-refractivity contribution in [2.45, 2.75) is 24.5 Å². The van der Waals surface area contributed by atoms with Gasteiger partial charge in [0.2, 0.25) is 10.0 Å². The minimum absolute atomic E-state index is 0.259. The topological polar surface area (TPSA) is 46.2 Å². The minimum Gasteiger partial charge on any atom is -0.234 e. The van der Waals surface area contributed by atoms with Crippen LogP contribution in [0.15, 0.2) is 29.2 Å². The zero-order valence-electron chi connectivity index (χ0n) is 8.91. The standard InChI is InChI=1S/C9H14ClNO2SSi/c1-15(2,3)11-14(12,13)9-6-4-8(10)5-7-9/h4-7,11H,1-3H3. The Labute approximate surface area is 96.6 Å². The summed E-state index contributed by atoms with van der Waals surface area (Å²) in [6.07, 6.45) is 0. The first-order valence-electron chi connectivity index (χ1n) is 4.50. The summed E-state index contributed by atoms with van der Waals surface area (Å²) in [5, 5.41) is 0.530. The Kier molecular flexibility index (Phi) is 3.60. The number of rotatable bonds is 3. The molecule has 1 aromatic rings. The second kappa shape index (κ2) is 4.25. The number of benzene rings is 1. The van der Waals surface area contributed by atoms with Gasteiger partial charge < -0.3 is 0 Å². The smallest absolute Gasteiger partial charge is 0.234 e. The summed E-state index contributed by atoms with van der Waals surface area (Å²) in [4.78, 5) is 0.259. The number of hydrogen-bond acceptors (Lipinski definition) is 2. The van der Waals surface area contributed by atoms with Crippen LogP contribution in [0.4, 0.5) is 0 Å². The van der Waals surface area contributed by atoms with Crippen molar-refractivity contribution in [2.24, 2.45) is 0 Å². The molecule has 0 spiro atoms. The average Bonchev–Trinajstić information content (AvgIpc) is 2.00. The second-order valence-corrected chi connectivity index (χ2v) is 11.5. The van der Waals surface area contributed by atoms with Gasteiger partial charge in [-0.05, 0) is 24.3 Å². The van der Waals surface area contributed by atoms with Gasteiger partial charge in [-0.25, -0.2) is 12.8 Å². The van der Waals surface area contributed by atoms with Gasteiger partial charge in [-0.1, -0.05) is 31.2 Å². The van der Waals surface area contributed by atoms with E-state index >= 15 is 0 Å². The molecular weight excluding hydrogens is 250 g/mol. The fraction of sp³-hybridized carbons (Fsp3) is 0.333. The highest BCUT2D eigenvalue weighted by Gasteiger charge is 2.23. The first-order chi connectivity index (χ1) is 6.71. The summed E-state index contributed by atoms with van der Waals surface area (Å²) in [5.74, 6) is 0. The van der Waals surface area contributed by atoms with E-state index in [0.29, 0.717) is 5.02 Å². The summed E-state index contributed by atoms with van der Waals surface area (Å²) in [6, 6.07) is 6.15. The maximum atomic E-state index is 11.8. The van der Waals surface area contributed by atoms with Crippen molar-refractivity contribution >= 4 is 29.9 Å². The first kappa shape index (κ1) is 12.7. The third kappa shape index (κ3) is 3.94. The normalized spacial score (nSPS) is 12.8. The molecule has 0 radical (unpaired) electrons. The molecule has 15 heavy (non-hydrogen) atoms. The van der Waals surface area contributed by atoms with Crippen molar-refractivity contribution in [3.63, 3.8) is 0 Å². The van der Waals surface area contributed by atoms with E-state index < -0.39 is 18.3 Å². The fourth-order valence-electron chi connectivity index (χ4n) is 1.08. The summed E-state index contributed by atoms with van der Waals surface area (Å²) in [5.41, 5.74) is 0. The Morgan fingerprint density at radius 1 is 1.13 bits per heavy atom. The highest BCUT2D eigenvalue weighted by atomic mass is 35.5. The van der Waals surface area contributed by atoms with E-state index in [9.17, 15) is 8.42 Å². The third-order valence-electron chi connectivity index (χ3n) is 1.56. The third-order valence-corrected chi connectivity index (χ3v) is 6.23. The lowest BCUT2D eigenvalue weighted by molar-refractivity contribution is 0.593. The van der Waals surface area contributed by atoms with Crippen molar-refractivity contribution in [2.75, 3.05) is 0 Å². The summed E-state index contributed by atoms with van der Waals surface area (Å²) in [7, 11) is -5.24. The molecule has 0 amide bonds. The molecule has 0 bridgehead atoms. The molecule has 3 nitrogen and oxygen atoms in total. The molecule has 84 valence electrons. The van der Waals surface area contributed by atoms with Crippen molar-refractivity contribution in [3.05, 3.63) is 29.3 Å². The molecule has 0 unspecified atom stereocenters. The van der Waals surface area contributed by atoms with Crippen molar-refractivity contribution in [3.8, 4) is 0 Å². The summed E-state index contributed by atoms with van der Waals surface area (Å²) < 4.78 is 26.4. The number of nitrogens with one attached hydrogen (secondary N) is 1. The predicted octanol–water partition coefficient (Wildman–Crippen LogP) is 2.45. The van der Waals surface area contributed by atoms with Crippen LogP contribution in [-0.2, 0) is 10.0 Å². The van der Waals surface area contributed by atoms with Crippen LogP contribution in [0.1, 0.15) is 0 Å². The Hall–Kier alpha value is -0.363. The van der Waals surface area contributed by atoms with E-state index in [1.54, 1.807) is 12.1 Å². The monoisotopic (exact) mass is 263 g/mol. The summed E-state index contributed by atoms with van der Waals surface area (Å²) in [6.45, 7) is 5.79. The predicted molar refractivity (Wildman–Crippen MR) is 65.1 cm³/mol. The maximum absolute atomic E-state index is 11.8. The fourth-order valence-corrected chi connectivity index (χ4v) is 5.39. The zero-order valence-corrected chi connectivity index (χ0v) is 11.5. The highest BCUT2D eigenvalue weighted by Crippen LogP contribution is 2.15. The van der Waals surface area contributed by atoms with Crippen LogP contribution in [-0.4, -0.2) is 16.7 Å².